The molecule has 2 aromatic rings. The zero-order valence-electron chi connectivity index (χ0n) is 10.6. The summed E-state index contributed by atoms with van der Waals surface area (Å²) in [6.07, 6.45) is 3.85. The van der Waals surface area contributed by atoms with E-state index in [-0.39, 0.29) is 0 Å². The van der Waals surface area contributed by atoms with Crippen molar-refractivity contribution in [1.82, 2.24) is 4.98 Å². The van der Waals surface area contributed by atoms with Gasteiger partial charge in [-0.2, -0.15) is 11.8 Å². The monoisotopic (exact) mass is 293 g/mol. The van der Waals surface area contributed by atoms with Crippen LogP contribution in [0.3, 0.4) is 0 Å². The first-order valence-corrected chi connectivity index (χ1v) is 8.11. The van der Waals surface area contributed by atoms with Gasteiger partial charge in [0.2, 0.25) is 0 Å². The second-order valence-corrected chi connectivity index (χ2v) is 6.73. The van der Waals surface area contributed by atoms with Gasteiger partial charge in [0.1, 0.15) is 11.9 Å². The summed E-state index contributed by atoms with van der Waals surface area (Å²) in [6.45, 7) is 0. The summed E-state index contributed by atoms with van der Waals surface area (Å²) in [7, 11) is 1.61. The first kappa shape index (κ1) is 13.0. The summed E-state index contributed by atoms with van der Waals surface area (Å²) in [5, 5.41) is 10.5. The highest BCUT2D eigenvalue weighted by atomic mass is 32.2. The lowest BCUT2D eigenvalue weighted by molar-refractivity contribution is 0.223. The lowest BCUT2D eigenvalue weighted by Gasteiger charge is -2.09. The van der Waals surface area contributed by atoms with Crippen LogP contribution in [0.1, 0.15) is 27.0 Å². The van der Waals surface area contributed by atoms with Crippen molar-refractivity contribution >= 4 is 23.1 Å². The molecular weight excluding hydrogens is 278 g/mol. The molecule has 3 nitrogen and oxygen atoms in total. The molecule has 0 aromatic carbocycles. The molecule has 0 spiro atoms. The standard InChI is InChI=1S/C14H15NO2S2/c1-17-11-4-9(6-15-7-11)14(16)13-5-10-8-18-3-2-12(10)19-13/h4-7,14,16H,2-3,8H2,1H3. The van der Waals surface area contributed by atoms with Crippen molar-refractivity contribution < 1.29 is 9.84 Å². The van der Waals surface area contributed by atoms with E-state index in [1.54, 1.807) is 30.8 Å². The normalized spacial score (nSPS) is 15.9. The van der Waals surface area contributed by atoms with Crippen LogP contribution < -0.4 is 4.74 Å². The van der Waals surface area contributed by atoms with Crippen molar-refractivity contribution in [1.29, 1.82) is 0 Å². The minimum Gasteiger partial charge on any atom is -0.495 e. The lowest BCUT2D eigenvalue weighted by Crippen LogP contribution is -1.98. The molecule has 2 aromatic heterocycles. The van der Waals surface area contributed by atoms with Crippen LogP contribution in [0.15, 0.2) is 24.5 Å². The smallest absolute Gasteiger partial charge is 0.137 e. The van der Waals surface area contributed by atoms with Crippen molar-refractivity contribution in [3.63, 3.8) is 0 Å². The zero-order chi connectivity index (χ0) is 13.2. The number of aliphatic hydroxyl groups is 1. The average Bonchev–Trinajstić information content (AvgIpc) is 2.90. The van der Waals surface area contributed by atoms with Gasteiger partial charge in [0, 0.05) is 27.3 Å². The molecule has 3 rings (SSSR count). The fourth-order valence-electron chi connectivity index (χ4n) is 2.17. The quantitative estimate of drug-likeness (QED) is 0.944. The Labute approximate surface area is 120 Å². The number of thiophene rings is 1. The molecule has 0 saturated heterocycles. The molecule has 5 heteroatoms. The maximum atomic E-state index is 10.5. The van der Waals surface area contributed by atoms with Crippen molar-refractivity contribution in [3.05, 3.63) is 45.4 Å². The number of nitrogens with zero attached hydrogens (tertiary/aromatic N) is 1. The van der Waals surface area contributed by atoms with E-state index in [0.29, 0.717) is 5.75 Å². The highest BCUT2D eigenvalue weighted by molar-refractivity contribution is 7.98. The summed E-state index contributed by atoms with van der Waals surface area (Å²) in [5.74, 6) is 2.92. The molecule has 19 heavy (non-hydrogen) atoms. The minimum atomic E-state index is -0.608. The highest BCUT2D eigenvalue weighted by Gasteiger charge is 2.19. The molecule has 3 heterocycles. The molecule has 1 atom stereocenters. The van der Waals surface area contributed by atoms with Gasteiger partial charge in [-0.25, -0.2) is 0 Å². The minimum absolute atomic E-state index is 0.608. The first-order chi connectivity index (χ1) is 9.28. The third-order valence-electron chi connectivity index (χ3n) is 3.20. The molecule has 0 saturated carbocycles. The molecule has 0 radical (unpaired) electrons. The Morgan fingerprint density at radius 1 is 1.37 bits per heavy atom. The van der Waals surface area contributed by atoms with Crippen LogP contribution >= 0.6 is 23.1 Å². The number of rotatable bonds is 3. The zero-order valence-corrected chi connectivity index (χ0v) is 12.3. The molecule has 1 N–H and O–H groups in total. The summed E-state index contributed by atoms with van der Waals surface area (Å²) in [6, 6.07) is 3.97. The Kier molecular flexibility index (Phi) is 3.77. The van der Waals surface area contributed by atoms with Gasteiger partial charge in [0.15, 0.2) is 0 Å². The predicted octanol–water partition coefficient (Wildman–Crippen LogP) is 3.02. The molecule has 0 bridgehead atoms. The third kappa shape index (κ3) is 2.63. The van der Waals surface area contributed by atoms with Crippen LogP contribution in [-0.4, -0.2) is 23.0 Å². The lowest BCUT2D eigenvalue weighted by atomic mass is 10.1. The molecule has 1 unspecified atom stereocenters. The van der Waals surface area contributed by atoms with Crippen LogP contribution in [0.2, 0.25) is 0 Å². The second-order valence-electron chi connectivity index (χ2n) is 4.46. The van der Waals surface area contributed by atoms with Crippen molar-refractivity contribution in [2.75, 3.05) is 12.9 Å². The number of aliphatic hydroxyl groups excluding tert-OH is 1. The Morgan fingerprint density at radius 3 is 3.05 bits per heavy atom. The van der Waals surface area contributed by atoms with Crippen LogP contribution in [0.25, 0.3) is 0 Å². The fourth-order valence-corrected chi connectivity index (χ4v) is 4.56. The average molecular weight is 293 g/mol. The van der Waals surface area contributed by atoms with Crippen molar-refractivity contribution in [2.24, 2.45) is 0 Å². The summed E-state index contributed by atoms with van der Waals surface area (Å²) >= 11 is 3.68. The number of aromatic nitrogens is 1. The summed E-state index contributed by atoms with van der Waals surface area (Å²) in [5.41, 5.74) is 2.16. The molecular formula is C14H15NO2S2. The molecule has 1 aliphatic rings. The van der Waals surface area contributed by atoms with E-state index in [1.807, 2.05) is 17.8 Å². The number of hydrogen-bond donors (Lipinski definition) is 1. The van der Waals surface area contributed by atoms with Crippen LogP contribution in [0.5, 0.6) is 5.75 Å². The Hall–Kier alpha value is -1.04. The molecule has 0 aliphatic carbocycles. The molecule has 0 amide bonds. The van der Waals surface area contributed by atoms with Crippen molar-refractivity contribution in [3.8, 4) is 5.75 Å². The van der Waals surface area contributed by atoms with Gasteiger partial charge in [-0.05, 0) is 29.9 Å². The van der Waals surface area contributed by atoms with Gasteiger partial charge in [0.25, 0.3) is 0 Å². The number of aryl methyl sites for hydroxylation is 1. The van der Waals surface area contributed by atoms with E-state index in [0.717, 1.165) is 22.6 Å². The van der Waals surface area contributed by atoms with Crippen molar-refractivity contribution in [2.45, 2.75) is 18.3 Å². The van der Waals surface area contributed by atoms with Gasteiger partial charge < -0.3 is 9.84 Å². The largest absolute Gasteiger partial charge is 0.495 e. The van der Waals surface area contributed by atoms with E-state index in [1.165, 1.54) is 16.2 Å². The van der Waals surface area contributed by atoms with E-state index in [2.05, 4.69) is 11.1 Å². The SMILES string of the molecule is COc1cncc(C(O)c2cc3c(s2)CCSC3)c1. The number of pyridine rings is 1. The van der Waals surface area contributed by atoms with E-state index in [4.69, 9.17) is 4.74 Å². The highest BCUT2D eigenvalue weighted by Crippen LogP contribution is 2.36. The Morgan fingerprint density at radius 2 is 2.26 bits per heavy atom. The Balaban J connectivity index is 1.90. The predicted molar refractivity (Wildman–Crippen MR) is 79.0 cm³/mol. The van der Waals surface area contributed by atoms with Gasteiger partial charge in [-0.3, -0.25) is 4.98 Å². The summed E-state index contributed by atoms with van der Waals surface area (Å²) < 4.78 is 5.15. The number of methoxy groups -OCH3 is 1. The van der Waals surface area contributed by atoms with Gasteiger partial charge in [0.05, 0.1) is 13.3 Å². The third-order valence-corrected chi connectivity index (χ3v) is 5.50. The number of hydrogen-bond acceptors (Lipinski definition) is 5. The maximum absolute atomic E-state index is 10.5. The van der Waals surface area contributed by atoms with Gasteiger partial charge >= 0.3 is 0 Å². The number of fused-ring (bicyclic) bond motifs is 1. The summed E-state index contributed by atoms with van der Waals surface area (Å²) in [4.78, 5) is 6.52. The van der Waals surface area contributed by atoms with Crippen LogP contribution in [0.4, 0.5) is 0 Å². The van der Waals surface area contributed by atoms with Crippen LogP contribution in [-0.2, 0) is 12.2 Å². The topological polar surface area (TPSA) is 42.4 Å². The number of ether oxygens (including phenoxy) is 1. The van der Waals surface area contributed by atoms with E-state index in [9.17, 15) is 5.11 Å². The molecule has 0 fully saturated rings. The fraction of sp³-hybridized carbons (Fsp3) is 0.357. The number of thioether (sulfide) groups is 1. The molecule has 1 aliphatic heterocycles. The van der Waals surface area contributed by atoms with Crippen LogP contribution in [0, 0.1) is 0 Å². The second kappa shape index (κ2) is 5.53. The van der Waals surface area contributed by atoms with Gasteiger partial charge in [-0.15, -0.1) is 11.3 Å². The Bertz CT molecular complexity index is 559. The van der Waals surface area contributed by atoms with E-state index < -0.39 is 6.10 Å². The molecule has 100 valence electrons. The van der Waals surface area contributed by atoms with Gasteiger partial charge in [-0.1, -0.05) is 0 Å². The van der Waals surface area contributed by atoms with E-state index >= 15 is 0 Å². The maximum Gasteiger partial charge on any atom is 0.137 e. The first-order valence-electron chi connectivity index (χ1n) is 6.14.